The summed E-state index contributed by atoms with van der Waals surface area (Å²) in [5.41, 5.74) is 0.485. The lowest BCUT2D eigenvalue weighted by molar-refractivity contribution is -0.383. The topological polar surface area (TPSA) is 101 Å². The van der Waals surface area contributed by atoms with Crippen LogP contribution in [-0.4, -0.2) is 52.4 Å². The molecule has 0 saturated carbocycles. The van der Waals surface area contributed by atoms with Crippen LogP contribution in [0.1, 0.15) is 11.1 Å². The Bertz CT molecular complexity index is 1360. The summed E-state index contributed by atoms with van der Waals surface area (Å²) >= 11 is 0.699. The third kappa shape index (κ3) is 6.64. The van der Waals surface area contributed by atoms with Gasteiger partial charge >= 0.3 is 12.5 Å². The number of piperazine rings is 1. The van der Waals surface area contributed by atoms with E-state index in [4.69, 9.17) is 0 Å². The first-order valence-corrected chi connectivity index (χ1v) is 11.4. The molecule has 1 aromatic heterocycles. The number of nitrogens with one attached hydrogen (secondary N) is 1. The van der Waals surface area contributed by atoms with Crippen molar-refractivity contribution in [1.82, 2.24) is 14.9 Å². The molecule has 198 valence electrons. The number of halogens is 6. The number of alkyl halides is 6. The zero-order chi connectivity index (χ0) is 27.0. The molecule has 0 aliphatic carbocycles. The fourth-order valence-corrected chi connectivity index (χ4v) is 4.70. The highest BCUT2D eigenvalue weighted by Crippen LogP contribution is 2.37. The molecule has 3 aromatic rings. The Balaban J connectivity index is 1.42. The number of benzene rings is 2. The average Bonchev–Trinajstić information content (AvgIpc) is 2.79. The van der Waals surface area contributed by atoms with E-state index in [1.54, 1.807) is 5.01 Å². The van der Waals surface area contributed by atoms with E-state index in [0.717, 1.165) is 5.56 Å². The summed E-state index contributed by atoms with van der Waals surface area (Å²) in [5, 5.41) is 12.6. The molecule has 1 fully saturated rings. The first kappa shape index (κ1) is 26.6. The molecule has 2 heterocycles. The second-order valence-electron chi connectivity index (χ2n) is 8.02. The van der Waals surface area contributed by atoms with Crippen LogP contribution in [0.25, 0.3) is 10.1 Å². The van der Waals surface area contributed by atoms with Gasteiger partial charge in [0.05, 0.1) is 15.9 Å². The van der Waals surface area contributed by atoms with E-state index < -0.39 is 39.7 Å². The molecule has 0 amide bonds. The number of hydrazine groups is 1. The molecular formula is C21H17F6N5O4S. The second-order valence-corrected chi connectivity index (χ2v) is 9.02. The summed E-state index contributed by atoms with van der Waals surface area (Å²) in [6.45, 7) is 2.40. The van der Waals surface area contributed by atoms with Crippen molar-refractivity contribution in [1.29, 1.82) is 0 Å². The first-order chi connectivity index (χ1) is 17.3. The van der Waals surface area contributed by atoms with Crippen molar-refractivity contribution in [3.63, 3.8) is 0 Å². The number of fused-ring (bicyclic) bond motifs is 1. The molecule has 37 heavy (non-hydrogen) atoms. The van der Waals surface area contributed by atoms with Gasteiger partial charge in [0.1, 0.15) is 10.4 Å². The number of aromatic nitrogens is 1. The molecule has 0 unspecified atom stereocenters. The quantitative estimate of drug-likeness (QED) is 0.270. The van der Waals surface area contributed by atoms with Gasteiger partial charge in [0.25, 0.3) is 11.2 Å². The fraction of sp³-hybridized carbons (Fsp3) is 0.333. The third-order valence-electron chi connectivity index (χ3n) is 5.41. The summed E-state index contributed by atoms with van der Waals surface area (Å²) in [6.07, 6.45) is -9.64. The van der Waals surface area contributed by atoms with Crippen molar-refractivity contribution in [2.45, 2.75) is 19.1 Å². The number of nitro groups is 1. The number of ether oxygens (including phenoxy) is 1. The summed E-state index contributed by atoms with van der Waals surface area (Å²) in [7, 11) is 0. The van der Waals surface area contributed by atoms with Gasteiger partial charge in [-0.15, -0.1) is 13.2 Å². The Hall–Kier alpha value is -3.50. The minimum Gasteiger partial charge on any atom is -0.406 e. The van der Waals surface area contributed by atoms with Crippen molar-refractivity contribution in [3.8, 4) is 5.75 Å². The molecule has 0 bridgehead atoms. The van der Waals surface area contributed by atoms with Crippen LogP contribution in [0.2, 0.25) is 0 Å². The molecule has 1 saturated heterocycles. The Morgan fingerprint density at radius 1 is 1.05 bits per heavy atom. The zero-order valence-electron chi connectivity index (χ0n) is 18.6. The van der Waals surface area contributed by atoms with Gasteiger partial charge < -0.3 is 4.74 Å². The van der Waals surface area contributed by atoms with E-state index in [0.29, 0.717) is 56.2 Å². The Morgan fingerprint density at radius 3 is 2.27 bits per heavy atom. The number of non-ortho nitro benzene ring substituents is 1. The number of hydrogen-bond acceptors (Lipinski definition) is 9. The Kier molecular flexibility index (Phi) is 7.25. The summed E-state index contributed by atoms with van der Waals surface area (Å²) in [4.78, 5) is 28.6. The number of nitrogens with zero attached hydrogens (tertiary/aromatic N) is 4. The standard InChI is InChI=1S/C21H17F6N5O4S/c22-20(23,24)13-9-15-17(16(10-13)32(34)35)37-19(28-18(15)33)29-31-7-5-30(6-8-31)11-12-1-3-14(4-2-12)36-21(25,26)27/h1-4,9-10H,5-8,11H2,(H,28,29,33). The largest absolute Gasteiger partial charge is 0.573 e. The van der Waals surface area contributed by atoms with Crippen LogP contribution in [0.3, 0.4) is 0 Å². The van der Waals surface area contributed by atoms with Crippen LogP contribution in [0.15, 0.2) is 41.2 Å². The van der Waals surface area contributed by atoms with Gasteiger partial charge in [-0.1, -0.05) is 23.5 Å². The lowest BCUT2D eigenvalue weighted by Gasteiger charge is -2.34. The van der Waals surface area contributed by atoms with Gasteiger partial charge in [-0.3, -0.25) is 25.2 Å². The van der Waals surface area contributed by atoms with Crippen LogP contribution in [0.4, 0.5) is 37.2 Å². The molecule has 1 N–H and O–H groups in total. The summed E-state index contributed by atoms with van der Waals surface area (Å²) < 4.78 is 79.8. The summed E-state index contributed by atoms with van der Waals surface area (Å²) in [5.74, 6) is -0.318. The van der Waals surface area contributed by atoms with Crippen molar-refractivity contribution in [2.75, 3.05) is 31.6 Å². The van der Waals surface area contributed by atoms with Crippen LogP contribution in [0, 0.1) is 10.1 Å². The molecule has 16 heteroatoms. The van der Waals surface area contributed by atoms with E-state index >= 15 is 0 Å². The maximum absolute atomic E-state index is 13.1. The molecule has 9 nitrogen and oxygen atoms in total. The monoisotopic (exact) mass is 549 g/mol. The van der Waals surface area contributed by atoms with Crippen LogP contribution in [0.5, 0.6) is 5.75 Å². The zero-order valence-corrected chi connectivity index (χ0v) is 19.4. The fourth-order valence-electron chi connectivity index (χ4n) is 3.71. The highest BCUT2D eigenvalue weighted by Gasteiger charge is 2.34. The van der Waals surface area contributed by atoms with Crippen molar-refractivity contribution in [2.24, 2.45) is 0 Å². The average molecular weight is 549 g/mol. The van der Waals surface area contributed by atoms with E-state index in [9.17, 15) is 41.3 Å². The molecule has 0 spiro atoms. The molecule has 1 aliphatic rings. The minimum absolute atomic E-state index is 0.00550. The first-order valence-electron chi connectivity index (χ1n) is 10.6. The molecular weight excluding hydrogens is 532 g/mol. The van der Waals surface area contributed by atoms with Gasteiger partial charge in [0.15, 0.2) is 0 Å². The van der Waals surface area contributed by atoms with Gasteiger partial charge in [0, 0.05) is 38.8 Å². The third-order valence-corrected chi connectivity index (χ3v) is 6.42. The lowest BCUT2D eigenvalue weighted by atomic mass is 10.1. The second kappa shape index (κ2) is 10.1. The van der Waals surface area contributed by atoms with Gasteiger partial charge in [-0.05, 0) is 23.8 Å². The van der Waals surface area contributed by atoms with Crippen molar-refractivity contribution in [3.05, 3.63) is 68.0 Å². The number of hydrogen-bond donors (Lipinski definition) is 1. The van der Waals surface area contributed by atoms with Crippen LogP contribution in [-0.2, 0) is 12.7 Å². The number of rotatable bonds is 6. The maximum atomic E-state index is 13.1. The van der Waals surface area contributed by atoms with E-state index in [-0.39, 0.29) is 15.6 Å². The highest BCUT2D eigenvalue weighted by molar-refractivity contribution is 7.22. The van der Waals surface area contributed by atoms with E-state index in [1.807, 2.05) is 4.90 Å². The molecule has 1 aliphatic heterocycles. The summed E-state index contributed by atoms with van der Waals surface area (Å²) in [6, 6.07) is 6.45. The van der Waals surface area contributed by atoms with E-state index in [2.05, 4.69) is 15.1 Å². The SMILES string of the molecule is O=c1nc(NN2CCN(Cc3ccc(OC(F)(F)F)cc3)CC2)sc2c([N+](=O)[O-])cc(C(F)(F)F)cc12. The Morgan fingerprint density at radius 2 is 1.70 bits per heavy atom. The normalized spacial score (nSPS) is 15.6. The minimum atomic E-state index is -4.87. The highest BCUT2D eigenvalue weighted by atomic mass is 32.1. The lowest BCUT2D eigenvalue weighted by Crippen LogP contribution is -2.48. The molecule has 2 aromatic carbocycles. The maximum Gasteiger partial charge on any atom is 0.573 e. The smallest absolute Gasteiger partial charge is 0.406 e. The molecule has 0 atom stereocenters. The van der Waals surface area contributed by atoms with Gasteiger partial charge in [-0.2, -0.15) is 18.2 Å². The Labute approximate surface area is 208 Å². The van der Waals surface area contributed by atoms with Crippen molar-refractivity contribution >= 4 is 32.2 Å². The molecule has 4 rings (SSSR count). The predicted octanol–water partition coefficient (Wildman–Crippen LogP) is 4.63. The van der Waals surface area contributed by atoms with E-state index in [1.165, 1.54) is 24.3 Å². The number of nitro benzene ring substituents is 1. The van der Waals surface area contributed by atoms with Gasteiger partial charge in [-0.25, -0.2) is 5.01 Å². The predicted molar refractivity (Wildman–Crippen MR) is 121 cm³/mol. The molecule has 0 radical (unpaired) electrons. The number of anilines is 1. The van der Waals surface area contributed by atoms with Crippen molar-refractivity contribution < 1.29 is 36.0 Å². The van der Waals surface area contributed by atoms with Crippen LogP contribution >= 0.6 is 11.3 Å². The van der Waals surface area contributed by atoms with Gasteiger partial charge in [0.2, 0.25) is 5.13 Å². The van der Waals surface area contributed by atoms with Crippen LogP contribution < -0.4 is 15.7 Å².